The normalized spacial score (nSPS) is 10.8. The van der Waals surface area contributed by atoms with Gasteiger partial charge in [0.25, 0.3) is 0 Å². The molecule has 0 spiro atoms. The minimum Gasteiger partial charge on any atom is -0.143 e. The third-order valence-electron chi connectivity index (χ3n) is 2.63. The Morgan fingerprint density at radius 1 is 0.875 bits per heavy atom. The second kappa shape index (κ2) is 4.04. The Labute approximate surface area is 107 Å². The van der Waals surface area contributed by atoms with Crippen molar-refractivity contribution in [3.8, 4) is 11.1 Å². The molecule has 0 radical (unpaired) electrons. The zero-order valence-electron chi connectivity index (χ0n) is 8.48. The summed E-state index contributed by atoms with van der Waals surface area (Å²) in [5.41, 5.74) is 2.54. The summed E-state index contributed by atoms with van der Waals surface area (Å²) >= 11 is 5.35. The number of hydrogen-bond donors (Lipinski definition) is 0. The van der Waals surface area contributed by atoms with Crippen LogP contribution in [0.3, 0.4) is 0 Å². The lowest BCUT2D eigenvalue weighted by Gasteiger charge is -2.01. The topological polar surface area (TPSA) is 0 Å². The van der Waals surface area contributed by atoms with Crippen molar-refractivity contribution in [2.75, 3.05) is 0 Å². The summed E-state index contributed by atoms with van der Waals surface area (Å²) < 4.78 is 2.51. The van der Waals surface area contributed by atoms with Crippen molar-refractivity contribution in [1.29, 1.82) is 0 Å². The lowest BCUT2D eigenvalue weighted by Crippen LogP contribution is -1.76. The van der Waals surface area contributed by atoms with Gasteiger partial charge in [-0.05, 0) is 39.2 Å². The van der Waals surface area contributed by atoms with E-state index in [0.29, 0.717) is 0 Å². The molecule has 2 aromatic carbocycles. The predicted octanol–water partition coefficient (Wildman–Crippen LogP) is 5.33. The molecule has 0 atom stereocenters. The number of thiophene rings is 1. The van der Waals surface area contributed by atoms with Gasteiger partial charge in [0, 0.05) is 19.9 Å². The fourth-order valence-corrected chi connectivity index (χ4v) is 3.35. The van der Waals surface area contributed by atoms with Crippen molar-refractivity contribution in [3.05, 3.63) is 58.4 Å². The SMILES string of the molecule is Brc1csc2ccc(-c3ccccc3)cc12. The number of hydrogen-bond acceptors (Lipinski definition) is 1. The first kappa shape index (κ1) is 10.1. The molecule has 0 unspecified atom stereocenters. The maximum absolute atomic E-state index is 3.58. The Bertz CT molecular complexity index is 626. The molecule has 1 heterocycles. The molecule has 0 amide bonds. The molecule has 3 rings (SSSR count). The van der Waals surface area contributed by atoms with Crippen LogP contribution in [0.25, 0.3) is 21.2 Å². The minimum atomic E-state index is 1.19. The van der Waals surface area contributed by atoms with E-state index >= 15 is 0 Å². The van der Waals surface area contributed by atoms with Crippen molar-refractivity contribution in [2.45, 2.75) is 0 Å². The van der Waals surface area contributed by atoms with E-state index in [9.17, 15) is 0 Å². The highest BCUT2D eigenvalue weighted by molar-refractivity contribution is 9.10. The molecule has 1 aromatic heterocycles. The van der Waals surface area contributed by atoms with Crippen LogP contribution in [0.2, 0.25) is 0 Å². The molecule has 0 saturated carbocycles. The van der Waals surface area contributed by atoms with E-state index in [2.05, 4.69) is 63.8 Å². The van der Waals surface area contributed by atoms with Crippen LogP contribution in [0.4, 0.5) is 0 Å². The van der Waals surface area contributed by atoms with Crippen molar-refractivity contribution < 1.29 is 0 Å². The zero-order valence-corrected chi connectivity index (χ0v) is 10.9. The summed E-state index contributed by atoms with van der Waals surface area (Å²) in [5.74, 6) is 0. The fourth-order valence-electron chi connectivity index (χ4n) is 1.81. The van der Waals surface area contributed by atoms with Crippen LogP contribution in [0, 0.1) is 0 Å². The molecule has 0 nitrogen and oxygen atoms in total. The Kier molecular flexibility index (Phi) is 2.54. The van der Waals surface area contributed by atoms with Gasteiger partial charge in [-0.15, -0.1) is 11.3 Å². The van der Waals surface area contributed by atoms with Gasteiger partial charge in [0.2, 0.25) is 0 Å². The lowest BCUT2D eigenvalue weighted by molar-refractivity contribution is 1.65. The van der Waals surface area contributed by atoms with Gasteiger partial charge in [-0.1, -0.05) is 36.4 Å². The van der Waals surface area contributed by atoms with Gasteiger partial charge < -0.3 is 0 Å². The van der Waals surface area contributed by atoms with E-state index < -0.39 is 0 Å². The quantitative estimate of drug-likeness (QED) is 0.568. The molecular weight excluding hydrogens is 280 g/mol. The second-order valence-electron chi connectivity index (χ2n) is 3.66. The molecule has 3 aromatic rings. The summed E-state index contributed by atoms with van der Waals surface area (Å²) in [7, 11) is 0. The Hall–Kier alpha value is -1.12. The van der Waals surface area contributed by atoms with Crippen LogP contribution >= 0.6 is 27.3 Å². The number of rotatable bonds is 1. The van der Waals surface area contributed by atoms with Gasteiger partial charge in [-0.25, -0.2) is 0 Å². The Morgan fingerprint density at radius 3 is 2.50 bits per heavy atom. The number of benzene rings is 2. The van der Waals surface area contributed by atoms with Crippen LogP contribution in [-0.4, -0.2) is 0 Å². The molecule has 0 aliphatic carbocycles. The highest BCUT2D eigenvalue weighted by Crippen LogP contribution is 2.33. The molecule has 0 aliphatic rings. The molecule has 78 valence electrons. The molecule has 0 bridgehead atoms. The van der Waals surface area contributed by atoms with E-state index in [4.69, 9.17) is 0 Å². The van der Waals surface area contributed by atoms with Gasteiger partial charge in [-0.3, -0.25) is 0 Å². The van der Waals surface area contributed by atoms with Crippen LogP contribution in [0.1, 0.15) is 0 Å². The maximum atomic E-state index is 3.58. The molecule has 0 saturated heterocycles. The molecule has 0 N–H and O–H groups in total. The molecule has 0 aliphatic heterocycles. The van der Waals surface area contributed by atoms with Crippen LogP contribution < -0.4 is 0 Å². The summed E-state index contributed by atoms with van der Waals surface area (Å²) in [4.78, 5) is 0. The summed E-state index contributed by atoms with van der Waals surface area (Å²) in [6.07, 6.45) is 0. The minimum absolute atomic E-state index is 1.19. The average Bonchev–Trinajstić information content (AvgIpc) is 2.72. The largest absolute Gasteiger partial charge is 0.143 e. The third-order valence-corrected chi connectivity index (χ3v) is 4.56. The summed E-state index contributed by atoms with van der Waals surface area (Å²) in [6, 6.07) is 17.1. The van der Waals surface area contributed by atoms with Crippen LogP contribution in [-0.2, 0) is 0 Å². The lowest BCUT2D eigenvalue weighted by atomic mass is 10.0. The molecule has 16 heavy (non-hydrogen) atoms. The van der Waals surface area contributed by atoms with Gasteiger partial charge in [0.15, 0.2) is 0 Å². The predicted molar refractivity (Wildman–Crippen MR) is 75.0 cm³/mol. The van der Waals surface area contributed by atoms with Gasteiger partial charge in [0.1, 0.15) is 0 Å². The standard InChI is InChI=1S/C14H9BrS/c15-13-9-16-14-7-6-11(8-12(13)14)10-4-2-1-3-5-10/h1-9H. The number of halogens is 1. The smallest absolute Gasteiger partial charge is 0.0361 e. The second-order valence-corrected chi connectivity index (χ2v) is 5.43. The third kappa shape index (κ3) is 1.68. The van der Waals surface area contributed by atoms with Crippen molar-refractivity contribution in [2.24, 2.45) is 0 Å². The fraction of sp³-hybridized carbons (Fsp3) is 0. The van der Waals surface area contributed by atoms with Gasteiger partial charge in [0.05, 0.1) is 0 Å². The molecule has 2 heteroatoms. The highest BCUT2D eigenvalue weighted by Gasteiger charge is 2.03. The Morgan fingerprint density at radius 2 is 1.69 bits per heavy atom. The van der Waals surface area contributed by atoms with Crippen LogP contribution in [0.15, 0.2) is 58.4 Å². The van der Waals surface area contributed by atoms with E-state index in [0.717, 1.165) is 0 Å². The maximum Gasteiger partial charge on any atom is 0.0361 e. The van der Waals surface area contributed by atoms with Crippen LogP contribution in [0.5, 0.6) is 0 Å². The zero-order chi connectivity index (χ0) is 11.0. The number of fused-ring (bicyclic) bond motifs is 1. The molecule has 0 fully saturated rings. The first-order chi connectivity index (χ1) is 7.84. The average molecular weight is 289 g/mol. The van der Waals surface area contributed by atoms with E-state index in [-0.39, 0.29) is 0 Å². The monoisotopic (exact) mass is 288 g/mol. The van der Waals surface area contributed by atoms with Crippen molar-refractivity contribution in [1.82, 2.24) is 0 Å². The highest BCUT2D eigenvalue weighted by atomic mass is 79.9. The summed E-state index contributed by atoms with van der Waals surface area (Å²) in [6.45, 7) is 0. The molecular formula is C14H9BrS. The van der Waals surface area contributed by atoms with E-state index in [1.165, 1.54) is 25.7 Å². The van der Waals surface area contributed by atoms with Crippen molar-refractivity contribution in [3.63, 3.8) is 0 Å². The Balaban J connectivity index is 2.22. The van der Waals surface area contributed by atoms with Crippen molar-refractivity contribution >= 4 is 37.4 Å². The van der Waals surface area contributed by atoms with E-state index in [1.807, 2.05) is 6.07 Å². The van der Waals surface area contributed by atoms with Gasteiger partial charge in [-0.2, -0.15) is 0 Å². The van der Waals surface area contributed by atoms with E-state index in [1.54, 1.807) is 11.3 Å². The van der Waals surface area contributed by atoms with Gasteiger partial charge >= 0.3 is 0 Å². The summed E-state index contributed by atoms with van der Waals surface area (Å²) in [5, 5.41) is 3.44. The first-order valence-corrected chi connectivity index (χ1v) is 6.74. The first-order valence-electron chi connectivity index (χ1n) is 5.07.